The lowest BCUT2D eigenvalue weighted by atomic mass is 10.1. The largest absolute Gasteiger partial charge is 0.347 e. The monoisotopic (exact) mass is 289 g/mol. The molecule has 2 saturated heterocycles. The van der Waals surface area contributed by atoms with E-state index in [2.05, 4.69) is 22.1 Å². The molecule has 3 rings (SSSR count). The highest BCUT2D eigenvalue weighted by molar-refractivity contribution is 7.12. The highest BCUT2D eigenvalue weighted by Gasteiger charge is 2.38. The van der Waals surface area contributed by atoms with E-state index in [1.807, 2.05) is 11.4 Å². The second kappa shape index (κ2) is 5.96. The van der Waals surface area contributed by atoms with E-state index >= 15 is 0 Å². The second-order valence-corrected chi connectivity index (χ2v) is 6.20. The standard InChI is InChI=1S/C15H19N3OS/c16-7-1-3-11-6-10-20-14(11)15(19)17-12-5-9-18-8-2-4-13(12)18/h6,10,12-13H,2,4-5,7-9,16H2,(H,17,19). The molecule has 1 aromatic heterocycles. The van der Waals surface area contributed by atoms with Crippen LogP contribution < -0.4 is 11.1 Å². The van der Waals surface area contributed by atoms with Gasteiger partial charge in [0.1, 0.15) is 4.88 Å². The molecule has 5 heteroatoms. The first kappa shape index (κ1) is 13.6. The first-order valence-electron chi connectivity index (χ1n) is 7.11. The van der Waals surface area contributed by atoms with Gasteiger partial charge in [-0.1, -0.05) is 11.8 Å². The molecule has 2 unspecified atom stereocenters. The smallest absolute Gasteiger partial charge is 0.262 e. The molecular formula is C15H19N3OS. The van der Waals surface area contributed by atoms with E-state index in [1.165, 1.54) is 30.7 Å². The summed E-state index contributed by atoms with van der Waals surface area (Å²) in [6, 6.07) is 2.72. The summed E-state index contributed by atoms with van der Waals surface area (Å²) in [6.07, 6.45) is 3.52. The summed E-state index contributed by atoms with van der Waals surface area (Å²) in [6.45, 7) is 2.61. The lowest BCUT2D eigenvalue weighted by Gasteiger charge is -2.21. The van der Waals surface area contributed by atoms with Gasteiger partial charge < -0.3 is 11.1 Å². The maximum absolute atomic E-state index is 12.4. The summed E-state index contributed by atoms with van der Waals surface area (Å²) in [5.41, 5.74) is 6.18. The fourth-order valence-corrected chi connectivity index (χ4v) is 3.97. The molecule has 2 fully saturated rings. The van der Waals surface area contributed by atoms with E-state index in [-0.39, 0.29) is 5.91 Å². The Morgan fingerprint density at radius 1 is 1.50 bits per heavy atom. The third kappa shape index (κ3) is 2.59. The van der Waals surface area contributed by atoms with Crippen molar-refractivity contribution >= 4 is 17.2 Å². The van der Waals surface area contributed by atoms with Crippen LogP contribution in [-0.4, -0.2) is 42.5 Å². The summed E-state index contributed by atoms with van der Waals surface area (Å²) in [5, 5.41) is 5.11. The lowest BCUT2D eigenvalue weighted by molar-refractivity contribution is 0.0933. The Labute approximate surface area is 123 Å². The molecule has 4 nitrogen and oxygen atoms in total. The predicted molar refractivity (Wildman–Crippen MR) is 80.7 cm³/mol. The Kier molecular flexibility index (Phi) is 4.06. The quantitative estimate of drug-likeness (QED) is 0.799. The summed E-state index contributed by atoms with van der Waals surface area (Å²) >= 11 is 1.45. The number of hydrogen-bond donors (Lipinski definition) is 2. The zero-order valence-electron chi connectivity index (χ0n) is 11.4. The highest BCUT2D eigenvalue weighted by Crippen LogP contribution is 2.28. The van der Waals surface area contributed by atoms with Crippen LogP contribution in [0.5, 0.6) is 0 Å². The molecular weight excluding hydrogens is 270 g/mol. The van der Waals surface area contributed by atoms with Crippen molar-refractivity contribution < 1.29 is 4.79 Å². The Bertz CT molecular complexity index is 557. The summed E-state index contributed by atoms with van der Waals surface area (Å²) < 4.78 is 0. The van der Waals surface area contributed by atoms with Crippen LogP contribution >= 0.6 is 11.3 Å². The van der Waals surface area contributed by atoms with Crippen LogP contribution in [0.15, 0.2) is 11.4 Å². The normalized spacial score (nSPS) is 25.1. The zero-order valence-corrected chi connectivity index (χ0v) is 12.2. The topological polar surface area (TPSA) is 58.4 Å². The van der Waals surface area contributed by atoms with Crippen molar-refractivity contribution in [3.63, 3.8) is 0 Å². The van der Waals surface area contributed by atoms with Gasteiger partial charge >= 0.3 is 0 Å². The molecule has 1 aromatic rings. The average molecular weight is 289 g/mol. The summed E-state index contributed by atoms with van der Waals surface area (Å²) in [5.74, 6) is 5.80. The van der Waals surface area contributed by atoms with Crippen LogP contribution in [0.3, 0.4) is 0 Å². The summed E-state index contributed by atoms with van der Waals surface area (Å²) in [7, 11) is 0. The molecule has 20 heavy (non-hydrogen) atoms. The first-order valence-corrected chi connectivity index (χ1v) is 7.99. The predicted octanol–water partition coefficient (Wildman–Crippen LogP) is 1.02. The van der Waals surface area contributed by atoms with Crippen LogP contribution in [-0.2, 0) is 0 Å². The van der Waals surface area contributed by atoms with Gasteiger partial charge in [0, 0.05) is 24.2 Å². The van der Waals surface area contributed by atoms with Crippen molar-refractivity contribution in [2.24, 2.45) is 5.73 Å². The maximum Gasteiger partial charge on any atom is 0.262 e. The third-order valence-corrected chi connectivity index (χ3v) is 5.03. The van der Waals surface area contributed by atoms with Crippen LogP contribution in [0.2, 0.25) is 0 Å². The molecule has 3 N–H and O–H groups in total. The number of nitrogens with two attached hydrogens (primary N) is 1. The van der Waals surface area contributed by atoms with E-state index in [9.17, 15) is 4.79 Å². The molecule has 2 aliphatic heterocycles. The van der Waals surface area contributed by atoms with E-state index in [0.29, 0.717) is 23.5 Å². The van der Waals surface area contributed by atoms with Crippen LogP contribution in [0.25, 0.3) is 0 Å². The molecule has 2 aliphatic rings. The first-order chi connectivity index (χ1) is 9.79. The van der Waals surface area contributed by atoms with Crippen LogP contribution in [0, 0.1) is 11.8 Å². The molecule has 0 saturated carbocycles. The Hall–Kier alpha value is -1.35. The van der Waals surface area contributed by atoms with Gasteiger partial charge in [0.2, 0.25) is 0 Å². The maximum atomic E-state index is 12.4. The molecule has 0 spiro atoms. The Balaban J connectivity index is 1.69. The Morgan fingerprint density at radius 3 is 3.25 bits per heavy atom. The summed E-state index contributed by atoms with van der Waals surface area (Å²) in [4.78, 5) is 15.6. The van der Waals surface area contributed by atoms with Crippen molar-refractivity contribution in [3.8, 4) is 11.8 Å². The van der Waals surface area contributed by atoms with Gasteiger partial charge in [-0.15, -0.1) is 11.3 Å². The number of amides is 1. The number of carbonyl (C=O) groups excluding carboxylic acids is 1. The van der Waals surface area contributed by atoms with E-state index in [0.717, 1.165) is 18.5 Å². The third-order valence-electron chi connectivity index (χ3n) is 4.12. The van der Waals surface area contributed by atoms with Crippen molar-refractivity contribution in [3.05, 3.63) is 21.9 Å². The van der Waals surface area contributed by atoms with Crippen molar-refractivity contribution in [1.29, 1.82) is 0 Å². The molecule has 3 heterocycles. The molecule has 0 aliphatic carbocycles. The van der Waals surface area contributed by atoms with E-state index in [1.54, 1.807) is 0 Å². The molecule has 2 atom stereocenters. The van der Waals surface area contributed by atoms with Crippen molar-refractivity contribution in [2.45, 2.75) is 31.3 Å². The van der Waals surface area contributed by atoms with E-state index < -0.39 is 0 Å². The SMILES string of the molecule is NCC#Cc1ccsc1C(=O)NC1CCN2CCCC12. The minimum atomic E-state index is 0.0140. The number of fused-ring (bicyclic) bond motifs is 1. The fraction of sp³-hybridized carbons (Fsp3) is 0.533. The average Bonchev–Trinajstić information content (AvgIpc) is 3.13. The minimum absolute atomic E-state index is 0.0140. The number of thiophene rings is 1. The van der Waals surface area contributed by atoms with Gasteiger partial charge in [0.05, 0.1) is 6.54 Å². The fourth-order valence-electron chi connectivity index (χ4n) is 3.21. The minimum Gasteiger partial charge on any atom is -0.347 e. The zero-order chi connectivity index (χ0) is 13.9. The van der Waals surface area contributed by atoms with Gasteiger partial charge in [0.15, 0.2) is 0 Å². The molecule has 106 valence electrons. The van der Waals surface area contributed by atoms with Crippen LogP contribution in [0.4, 0.5) is 0 Å². The highest BCUT2D eigenvalue weighted by atomic mass is 32.1. The van der Waals surface area contributed by atoms with Gasteiger partial charge in [-0.2, -0.15) is 0 Å². The van der Waals surface area contributed by atoms with Gasteiger partial charge in [-0.25, -0.2) is 0 Å². The van der Waals surface area contributed by atoms with Gasteiger partial charge in [-0.05, 0) is 37.3 Å². The van der Waals surface area contributed by atoms with Crippen LogP contribution in [0.1, 0.15) is 34.5 Å². The van der Waals surface area contributed by atoms with Crippen molar-refractivity contribution in [1.82, 2.24) is 10.2 Å². The number of nitrogens with zero attached hydrogens (tertiary/aromatic N) is 1. The lowest BCUT2D eigenvalue weighted by Crippen LogP contribution is -2.42. The van der Waals surface area contributed by atoms with Gasteiger partial charge in [0.25, 0.3) is 5.91 Å². The van der Waals surface area contributed by atoms with Gasteiger partial charge in [-0.3, -0.25) is 9.69 Å². The molecule has 0 bridgehead atoms. The number of carbonyl (C=O) groups is 1. The second-order valence-electron chi connectivity index (χ2n) is 5.28. The number of hydrogen-bond acceptors (Lipinski definition) is 4. The van der Waals surface area contributed by atoms with E-state index in [4.69, 9.17) is 5.73 Å². The number of nitrogens with one attached hydrogen (secondary N) is 1. The van der Waals surface area contributed by atoms with Crippen molar-refractivity contribution in [2.75, 3.05) is 19.6 Å². The molecule has 0 aromatic carbocycles. The molecule has 0 radical (unpaired) electrons. The Morgan fingerprint density at radius 2 is 2.40 bits per heavy atom. The molecule has 1 amide bonds. The number of rotatable bonds is 2.